The molecule has 1 aromatic rings. The third kappa shape index (κ3) is 3.10. The Balaban J connectivity index is 1.71. The Hall–Kier alpha value is -2.09. The molecule has 9 heteroatoms. The number of benzene rings is 1. The molecule has 3 N–H and O–H groups in total. The molecular formula is C16H14Cl2N2O5. The summed E-state index contributed by atoms with van der Waals surface area (Å²) in [7, 11) is 0. The Labute approximate surface area is 152 Å². The quantitative estimate of drug-likeness (QED) is 0.544. The summed E-state index contributed by atoms with van der Waals surface area (Å²) in [5.74, 6) is -4.43. The highest BCUT2D eigenvalue weighted by Crippen LogP contribution is 2.46. The number of fused-ring (bicyclic) bond motifs is 2. The maximum atomic E-state index is 12.5. The molecule has 25 heavy (non-hydrogen) atoms. The molecule has 0 unspecified atom stereocenters. The number of halogens is 2. The Bertz CT molecular complexity index is 797. The minimum absolute atomic E-state index is 0.122. The number of aliphatic carboxylic acids is 1. The minimum Gasteiger partial charge on any atom is -0.481 e. The molecule has 2 amide bonds. The van der Waals surface area contributed by atoms with Crippen LogP contribution in [0.25, 0.3) is 0 Å². The van der Waals surface area contributed by atoms with Crippen LogP contribution in [0, 0.1) is 11.8 Å². The fourth-order valence-corrected chi connectivity index (χ4v) is 3.71. The SMILES string of the molecule is C[C@@]12C=C[C@@H](O1)[C@@H](C(=O)O)[C@@H]2C(=O)NNC(=O)c1ccc(Cl)cc1Cl. The molecule has 0 aromatic heterocycles. The van der Waals surface area contributed by atoms with Crippen LogP contribution < -0.4 is 10.9 Å². The molecule has 0 aliphatic carbocycles. The molecule has 7 nitrogen and oxygen atoms in total. The van der Waals surface area contributed by atoms with E-state index in [1.807, 2.05) is 0 Å². The van der Waals surface area contributed by atoms with Crippen LogP contribution in [-0.4, -0.2) is 34.6 Å². The van der Waals surface area contributed by atoms with Gasteiger partial charge in [-0.15, -0.1) is 0 Å². The van der Waals surface area contributed by atoms with E-state index in [4.69, 9.17) is 27.9 Å². The topological polar surface area (TPSA) is 105 Å². The van der Waals surface area contributed by atoms with Crippen LogP contribution in [-0.2, 0) is 14.3 Å². The highest BCUT2D eigenvalue weighted by atomic mass is 35.5. The smallest absolute Gasteiger partial charge is 0.310 e. The lowest BCUT2D eigenvalue weighted by Crippen LogP contribution is -2.52. The van der Waals surface area contributed by atoms with Crippen molar-refractivity contribution in [2.75, 3.05) is 0 Å². The van der Waals surface area contributed by atoms with Crippen LogP contribution in [0.2, 0.25) is 10.0 Å². The van der Waals surface area contributed by atoms with E-state index < -0.39 is 41.3 Å². The van der Waals surface area contributed by atoms with E-state index in [0.717, 1.165) is 0 Å². The fraction of sp³-hybridized carbons (Fsp3) is 0.312. The summed E-state index contributed by atoms with van der Waals surface area (Å²) in [5, 5.41) is 9.87. The number of amides is 2. The molecule has 2 aliphatic heterocycles. The number of carbonyl (C=O) groups is 3. The van der Waals surface area contributed by atoms with Gasteiger partial charge in [0.05, 0.1) is 28.2 Å². The van der Waals surface area contributed by atoms with E-state index in [2.05, 4.69) is 10.9 Å². The zero-order chi connectivity index (χ0) is 18.4. The van der Waals surface area contributed by atoms with Gasteiger partial charge in [-0.2, -0.15) is 0 Å². The van der Waals surface area contributed by atoms with Gasteiger partial charge in [0.25, 0.3) is 5.91 Å². The molecular weight excluding hydrogens is 371 g/mol. The van der Waals surface area contributed by atoms with Crippen LogP contribution in [0.15, 0.2) is 30.4 Å². The second kappa shape index (κ2) is 6.33. The molecule has 1 fully saturated rings. The number of ether oxygens (including phenoxy) is 1. The lowest BCUT2D eigenvalue weighted by atomic mass is 9.76. The van der Waals surface area contributed by atoms with Gasteiger partial charge < -0.3 is 9.84 Å². The van der Waals surface area contributed by atoms with Crippen molar-refractivity contribution < 1.29 is 24.2 Å². The summed E-state index contributed by atoms with van der Waals surface area (Å²) in [4.78, 5) is 36.1. The predicted molar refractivity (Wildman–Crippen MR) is 89.1 cm³/mol. The van der Waals surface area contributed by atoms with Gasteiger partial charge in [0.2, 0.25) is 5.91 Å². The predicted octanol–water partition coefficient (Wildman–Crippen LogP) is 1.80. The number of hydrogen-bond acceptors (Lipinski definition) is 4. The van der Waals surface area contributed by atoms with Crippen molar-refractivity contribution in [3.63, 3.8) is 0 Å². The number of hydrazine groups is 1. The van der Waals surface area contributed by atoms with E-state index >= 15 is 0 Å². The van der Waals surface area contributed by atoms with Crippen molar-refractivity contribution in [1.29, 1.82) is 0 Å². The second-order valence-corrected chi connectivity index (χ2v) is 6.88. The van der Waals surface area contributed by atoms with Crippen LogP contribution in [0.5, 0.6) is 0 Å². The first-order valence-electron chi connectivity index (χ1n) is 7.38. The van der Waals surface area contributed by atoms with Gasteiger partial charge in [-0.1, -0.05) is 35.4 Å². The van der Waals surface area contributed by atoms with Gasteiger partial charge in [-0.3, -0.25) is 25.2 Å². The second-order valence-electron chi connectivity index (χ2n) is 6.03. The molecule has 3 rings (SSSR count). The van der Waals surface area contributed by atoms with Crippen LogP contribution in [0.4, 0.5) is 0 Å². The molecule has 2 heterocycles. The summed E-state index contributed by atoms with van der Waals surface area (Å²) in [6.07, 6.45) is 2.63. The number of carboxylic acids is 1. The van der Waals surface area contributed by atoms with Gasteiger partial charge in [-0.25, -0.2) is 0 Å². The maximum absolute atomic E-state index is 12.5. The number of rotatable bonds is 3. The molecule has 132 valence electrons. The number of carbonyl (C=O) groups excluding carboxylic acids is 2. The van der Waals surface area contributed by atoms with Crippen molar-refractivity contribution in [3.8, 4) is 0 Å². The number of carboxylic acid groups (broad SMARTS) is 1. The molecule has 0 saturated carbocycles. The van der Waals surface area contributed by atoms with Crippen molar-refractivity contribution in [2.45, 2.75) is 18.6 Å². The van der Waals surface area contributed by atoms with Crippen molar-refractivity contribution >= 4 is 41.0 Å². The van der Waals surface area contributed by atoms with Crippen molar-refractivity contribution in [1.82, 2.24) is 10.9 Å². The lowest BCUT2D eigenvalue weighted by molar-refractivity contribution is -0.147. The van der Waals surface area contributed by atoms with Gasteiger partial charge in [0.15, 0.2) is 0 Å². The molecule has 0 spiro atoms. The molecule has 1 aromatic carbocycles. The summed E-state index contributed by atoms with van der Waals surface area (Å²) in [6.45, 7) is 1.63. The van der Waals surface area contributed by atoms with E-state index in [1.54, 1.807) is 19.1 Å². The van der Waals surface area contributed by atoms with Crippen LogP contribution >= 0.6 is 23.2 Å². The summed E-state index contributed by atoms with van der Waals surface area (Å²) in [5.41, 5.74) is 3.58. The highest BCUT2D eigenvalue weighted by molar-refractivity contribution is 6.36. The molecule has 4 atom stereocenters. The van der Waals surface area contributed by atoms with Crippen molar-refractivity contribution in [3.05, 3.63) is 46.0 Å². The number of hydrogen-bond donors (Lipinski definition) is 3. The zero-order valence-corrected chi connectivity index (χ0v) is 14.5. The standard InChI is InChI=1S/C16H14Cl2N2O5/c1-16-5-4-10(25-16)11(15(23)24)12(16)14(22)20-19-13(21)8-3-2-7(17)6-9(8)18/h2-6,10-12H,1H3,(H,19,21)(H,20,22)(H,23,24)/t10-,11-,12-,16+/m1/s1. The first-order chi connectivity index (χ1) is 11.7. The normalized spacial score (nSPS) is 29.5. The van der Waals surface area contributed by atoms with E-state index in [9.17, 15) is 19.5 Å². The Morgan fingerprint density at radius 3 is 2.60 bits per heavy atom. The van der Waals surface area contributed by atoms with E-state index in [-0.39, 0.29) is 10.6 Å². The maximum Gasteiger partial charge on any atom is 0.310 e. The third-order valence-corrected chi connectivity index (χ3v) is 4.93. The fourth-order valence-electron chi connectivity index (χ4n) is 3.22. The first kappa shape index (κ1) is 17.7. The number of nitrogens with one attached hydrogen (secondary N) is 2. The van der Waals surface area contributed by atoms with Gasteiger partial charge in [0.1, 0.15) is 5.92 Å². The largest absolute Gasteiger partial charge is 0.481 e. The highest BCUT2D eigenvalue weighted by Gasteiger charge is 2.59. The van der Waals surface area contributed by atoms with Gasteiger partial charge in [-0.05, 0) is 25.1 Å². The lowest BCUT2D eigenvalue weighted by Gasteiger charge is -2.27. The van der Waals surface area contributed by atoms with E-state index in [1.165, 1.54) is 18.2 Å². The Kier molecular flexibility index (Phi) is 4.49. The van der Waals surface area contributed by atoms with Gasteiger partial charge in [0, 0.05) is 5.02 Å². The summed E-state index contributed by atoms with van der Waals surface area (Å²) < 4.78 is 5.59. The van der Waals surface area contributed by atoms with Crippen molar-refractivity contribution in [2.24, 2.45) is 11.8 Å². The Morgan fingerprint density at radius 1 is 1.24 bits per heavy atom. The average Bonchev–Trinajstić information content (AvgIpc) is 3.05. The summed E-state index contributed by atoms with van der Waals surface area (Å²) >= 11 is 11.7. The summed E-state index contributed by atoms with van der Waals surface area (Å²) in [6, 6.07) is 4.30. The minimum atomic E-state index is -1.13. The van der Waals surface area contributed by atoms with E-state index in [0.29, 0.717) is 5.02 Å². The Morgan fingerprint density at radius 2 is 1.96 bits per heavy atom. The first-order valence-corrected chi connectivity index (χ1v) is 8.14. The molecule has 2 bridgehead atoms. The van der Waals surface area contributed by atoms with Crippen LogP contribution in [0.1, 0.15) is 17.3 Å². The monoisotopic (exact) mass is 384 g/mol. The van der Waals surface area contributed by atoms with Gasteiger partial charge >= 0.3 is 5.97 Å². The zero-order valence-electron chi connectivity index (χ0n) is 13.0. The third-order valence-electron chi connectivity index (χ3n) is 4.38. The molecule has 0 radical (unpaired) electrons. The molecule has 2 aliphatic rings. The average molecular weight is 385 g/mol. The van der Waals surface area contributed by atoms with Crippen LogP contribution in [0.3, 0.4) is 0 Å². The molecule has 1 saturated heterocycles.